The number of amides is 2. The Morgan fingerprint density at radius 3 is 2.56 bits per heavy atom. The van der Waals surface area contributed by atoms with E-state index in [1.165, 1.54) is 25.7 Å². The summed E-state index contributed by atoms with van der Waals surface area (Å²) >= 11 is 0. The molecule has 0 atom stereocenters. The first kappa shape index (κ1) is 12.9. The van der Waals surface area contributed by atoms with Crippen LogP contribution in [0.4, 0.5) is 10.6 Å². The molecule has 1 saturated carbocycles. The minimum atomic E-state index is -0.139. The molecule has 0 aromatic carbocycles. The molecule has 1 aromatic heterocycles. The summed E-state index contributed by atoms with van der Waals surface area (Å²) < 4.78 is 1.75. The van der Waals surface area contributed by atoms with E-state index in [4.69, 9.17) is 0 Å². The van der Waals surface area contributed by atoms with Gasteiger partial charge in [0.15, 0.2) is 5.82 Å². The van der Waals surface area contributed by atoms with Crippen molar-refractivity contribution < 1.29 is 4.79 Å². The highest BCUT2D eigenvalue weighted by Crippen LogP contribution is 2.17. The zero-order valence-electron chi connectivity index (χ0n) is 11.2. The fourth-order valence-corrected chi connectivity index (χ4v) is 2.38. The van der Waals surface area contributed by atoms with Crippen molar-refractivity contribution in [3.63, 3.8) is 0 Å². The highest BCUT2D eigenvalue weighted by Gasteiger charge is 2.15. The van der Waals surface area contributed by atoms with Crippen LogP contribution in [0.5, 0.6) is 0 Å². The second-order valence-corrected chi connectivity index (χ2v) is 5.08. The Hall–Kier alpha value is -1.52. The first-order chi connectivity index (χ1) is 8.65. The van der Waals surface area contributed by atoms with Gasteiger partial charge in [-0.15, -0.1) is 0 Å². The van der Waals surface area contributed by atoms with Crippen LogP contribution in [-0.4, -0.2) is 21.9 Å². The van der Waals surface area contributed by atoms with E-state index in [9.17, 15) is 4.79 Å². The monoisotopic (exact) mass is 250 g/mol. The molecule has 0 radical (unpaired) electrons. The Labute approximate surface area is 108 Å². The molecular weight excluding hydrogens is 228 g/mol. The number of aromatic nitrogens is 2. The fourth-order valence-electron chi connectivity index (χ4n) is 2.38. The molecule has 18 heavy (non-hydrogen) atoms. The van der Waals surface area contributed by atoms with Crippen LogP contribution in [0.1, 0.15) is 44.2 Å². The molecule has 1 aliphatic rings. The minimum Gasteiger partial charge on any atom is -0.335 e. The molecule has 5 heteroatoms. The lowest BCUT2D eigenvalue weighted by Gasteiger charge is -2.15. The van der Waals surface area contributed by atoms with Crippen LogP contribution in [0.3, 0.4) is 0 Å². The summed E-state index contributed by atoms with van der Waals surface area (Å²) in [4.78, 5) is 11.8. The van der Waals surface area contributed by atoms with E-state index in [0.717, 1.165) is 18.5 Å². The van der Waals surface area contributed by atoms with Crippen LogP contribution in [0.15, 0.2) is 6.07 Å². The van der Waals surface area contributed by atoms with Crippen LogP contribution in [0, 0.1) is 6.92 Å². The molecule has 0 spiro atoms. The van der Waals surface area contributed by atoms with Crippen molar-refractivity contribution in [3.8, 4) is 0 Å². The highest BCUT2D eigenvalue weighted by molar-refractivity contribution is 5.88. The third-order valence-electron chi connectivity index (χ3n) is 3.55. The largest absolute Gasteiger partial charge is 0.335 e. The van der Waals surface area contributed by atoms with Gasteiger partial charge in [-0.1, -0.05) is 25.7 Å². The van der Waals surface area contributed by atoms with Crippen molar-refractivity contribution in [1.82, 2.24) is 15.1 Å². The van der Waals surface area contributed by atoms with E-state index in [-0.39, 0.29) is 6.03 Å². The molecule has 1 fully saturated rings. The van der Waals surface area contributed by atoms with Crippen molar-refractivity contribution in [2.45, 2.75) is 51.5 Å². The number of carbonyl (C=O) groups excluding carboxylic acids is 1. The number of nitrogens with one attached hydrogen (secondary N) is 2. The summed E-state index contributed by atoms with van der Waals surface area (Å²) in [5.74, 6) is 0.612. The Balaban J connectivity index is 1.84. The van der Waals surface area contributed by atoms with Crippen molar-refractivity contribution in [3.05, 3.63) is 11.8 Å². The maximum atomic E-state index is 11.8. The Morgan fingerprint density at radius 1 is 1.33 bits per heavy atom. The first-order valence-corrected chi connectivity index (χ1v) is 6.73. The third kappa shape index (κ3) is 3.48. The molecule has 0 bridgehead atoms. The summed E-state index contributed by atoms with van der Waals surface area (Å²) in [7, 11) is 1.86. The number of aryl methyl sites for hydroxylation is 2. The van der Waals surface area contributed by atoms with Gasteiger partial charge in [-0.3, -0.25) is 10.00 Å². The third-order valence-corrected chi connectivity index (χ3v) is 3.55. The van der Waals surface area contributed by atoms with Gasteiger partial charge in [-0.2, -0.15) is 5.10 Å². The molecule has 100 valence electrons. The quantitative estimate of drug-likeness (QED) is 0.792. The maximum absolute atomic E-state index is 11.8. The summed E-state index contributed by atoms with van der Waals surface area (Å²) in [6, 6.07) is 2.05. The van der Waals surface area contributed by atoms with Gasteiger partial charge in [-0.25, -0.2) is 4.79 Å². The first-order valence-electron chi connectivity index (χ1n) is 6.73. The average Bonchev–Trinajstić information content (AvgIpc) is 2.55. The fraction of sp³-hybridized carbons (Fsp3) is 0.692. The van der Waals surface area contributed by atoms with Crippen molar-refractivity contribution >= 4 is 11.8 Å². The van der Waals surface area contributed by atoms with Crippen LogP contribution in [0.25, 0.3) is 0 Å². The number of urea groups is 1. The van der Waals surface area contributed by atoms with E-state index >= 15 is 0 Å². The van der Waals surface area contributed by atoms with Crippen LogP contribution in [0.2, 0.25) is 0 Å². The van der Waals surface area contributed by atoms with Gasteiger partial charge in [0.05, 0.1) is 0 Å². The van der Waals surface area contributed by atoms with Crippen LogP contribution < -0.4 is 10.6 Å². The Kier molecular flexibility index (Phi) is 4.23. The van der Waals surface area contributed by atoms with E-state index in [1.807, 2.05) is 20.0 Å². The smallest absolute Gasteiger partial charge is 0.320 e. The molecule has 0 saturated heterocycles. The van der Waals surface area contributed by atoms with Gasteiger partial charge >= 0.3 is 6.03 Å². The van der Waals surface area contributed by atoms with E-state index in [2.05, 4.69) is 15.7 Å². The number of hydrogen-bond donors (Lipinski definition) is 2. The molecule has 2 N–H and O–H groups in total. The van der Waals surface area contributed by atoms with Gasteiger partial charge in [0.25, 0.3) is 0 Å². The normalized spacial score (nSPS) is 17.2. The molecule has 2 amide bonds. The minimum absolute atomic E-state index is 0.139. The summed E-state index contributed by atoms with van der Waals surface area (Å²) in [5.41, 5.74) is 1.03. The average molecular weight is 250 g/mol. The second kappa shape index (κ2) is 5.89. The van der Waals surface area contributed by atoms with Gasteiger partial charge in [0.2, 0.25) is 0 Å². The van der Waals surface area contributed by atoms with Crippen LogP contribution >= 0.6 is 0 Å². The summed E-state index contributed by atoms with van der Waals surface area (Å²) in [6.07, 6.45) is 7.20. The predicted octanol–water partition coefficient (Wildman–Crippen LogP) is 2.57. The lowest BCUT2D eigenvalue weighted by Crippen LogP contribution is -2.37. The number of anilines is 1. The number of hydrogen-bond acceptors (Lipinski definition) is 2. The number of nitrogens with zero attached hydrogens (tertiary/aromatic N) is 2. The van der Waals surface area contributed by atoms with Gasteiger partial charge in [0, 0.05) is 24.8 Å². The van der Waals surface area contributed by atoms with Crippen LogP contribution in [-0.2, 0) is 7.05 Å². The maximum Gasteiger partial charge on any atom is 0.320 e. The highest BCUT2D eigenvalue weighted by atomic mass is 16.2. The second-order valence-electron chi connectivity index (χ2n) is 5.08. The van der Waals surface area contributed by atoms with E-state index in [1.54, 1.807) is 4.68 Å². The summed E-state index contributed by atoms with van der Waals surface area (Å²) in [6.45, 7) is 1.96. The number of carbonyl (C=O) groups is 1. The molecule has 5 nitrogen and oxygen atoms in total. The van der Waals surface area contributed by atoms with Gasteiger partial charge < -0.3 is 5.32 Å². The molecule has 0 unspecified atom stereocenters. The molecular formula is C13H22N4O. The number of rotatable bonds is 2. The van der Waals surface area contributed by atoms with Gasteiger partial charge in [0.1, 0.15) is 0 Å². The molecule has 0 aliphatic heterocycles. The Bertz CT molecular complexity index is 386. The zero-order chi connectivity index (χ0) is 13.0. The Morgan fingerprint density at radius 2 is 2.00 bits per heavy atom. The zero-order valence-corrected chi connectivity index (χ0v) is 11.2. The SMILES string of the molecule is Cc1cc(NC(=O)NC2CCCCCC2)nn1C. The van der Waals surface area contributed by atoms with E-state index in [0.29, 0.717) is 11.9 Å². The lowest BCUT2D eigenvalue weighted by atomic mass is 10.1. The predicted molar refractivity (Wildman–Crippen MR) is 71.6 cm³/mol. The molecule has 1 heterocycles. The molecule has 2 rings (SSSR count). The topological polar surface area (TPSA) is 59.0 Å². The standard InChI is InChI=1S/C13H22N4O/c1-10-9-12(16-17(10)2)15-13(18)14-11-7-5-3-4-6-8-11/h9,11H,3-8H2,1-2H3,(H2,14,15,16,18). The van der Waals surface area contributed by atoms with E-state index < -0.39 is 0 Å². The lowest BCUT2D eigenvalue weighted by molar-refractivity contribution is 0.247. The summed E-state index contributed by atoms with van der Waals surface area (Å²) in [5, 5.41) is 10.0. The van der Waals surface area contributed by atoms with Crippen molar-refractivity contribution in [1.29, 1.82) is 0 Å². The van der Waals surface area contributed by atoms with Gasteiger partial charge in [-0.05, 0) is 19.8 Å². The van der Waals surface area contributed by atoms with Crippen molar-refractivity contribution in [2.75, 3.05) is 5.32 Å². The molecule has 1 aliphatic carbocycles. The molecule has 1 aromatic rings. The van der Waals surface area contributed by atoms with Crippen molar-refractivity contribution in [2.24, 2.45) is 7.05 Å².